The molecule has 1 aromatic heterocycles. The SMILES string of the molecule is CC(C)c1nc(SCC(=O)N2CCC[C@H](C)C2)c2ccccc2n1. The van der Waals surface area contributed by atoms with Crippen LogP contribution in [0.25, 0.3) is 10.9 Å². The Kier molecular flexibility index (Phi) is 5.39. The van der Waals surface area contributed by atoms with Crippen LogP contribution in [0.15, 0.2) is 29.3 Å². The summed E-state index contributed by atoms with van der Waals surface area (Å²) in [5, 5.41) is 1.95. The summed E-state index contributed by atoms with van der Waals surface area (Å²) in [5.74, 6) is 2.40. The zero-order valence-electron chi connectivity index (χ0n) is 14.7. The van der Waals surface area contributed by atoms with E-state index < -0.39 is 0 Å². The second kappa shape index (κ2) is 7.51. The van der Waals surface area contributed by atoms with E-state index in [4.69, 9.17) is 4.98 Å². The number of aromatic nitrogens is 2. The maximum absolute atomic E-state index is 12.5. The van der Waals surface area contributed by atoms with Gasteiger partial charge in [-0.25, -0.2) is 9.97 Å². The molecule has 1 saturated heterocycles. The van der Waals surface area contributed by atoms with Crippen molar-refractivity contribution in [2.75, 3.05) is 18.8 Å². The van der Waals surface area contributed by atoms with E-state index in [0.717, 1.165) is 41.3 Å². The summed E-state index contributed by atoms with van der Waals surface area (Å²) in [5.41, 5.74) is 0.956. The summed E-state index contributed by atoms with van der Waals surface area (Å²) in [7, 11) is 0. The third-order valence-corrected chi connectivity index (χ3v) is 5.42. The number of nitrogens with zero attached hydrogens (tertiary/aromatic N) is 3. The van der Waals surface area contributed by atoms with E-state index in [-0.39, 0.29) is 11.8 Å². The quantitative estimate of drug-likeness (QED) is 0.619. The molecule has 24 heavy (non-hydrogen) atoms. The molecule has 0 saturated carbocycles. The molecule has 4 nitrogen and oxygen atoms in total. The summed E-state index contributed by atoms with van der Waals surface area (Å²) in [6.07, 6.45) is 2.34. The van der Waals surface area contributed by atoms with Crippen LogP contribution in [0.3, 0.4) is 0 Å². The normalized spacial score (nSPS) is 18.3. The maximum Gasteiger partial charge on any atom is 0.232 e. The van der Waals surface area contributed by atoms with E-state index in [1.165, 1.54) is 6.42 Å². The predicted octanol–water partition coefficient (Wildman–Crippen LogP) is 4.10. The summed E-state index contributed by atoms with van der Waals surface area (Å²) in [6.45, 7) is 8.20. The molecule has 1 aliphatic rings. The lowest BCUT2D eigenvalue weighted by atomic mass is 10.0. The summed E-state index contributed by atoms with van der Waals surface area (Å²) in [6, 6.07) is 8.05. The van der Waals surface area contributed by atoms with E-state index in [0.29, 0.717) is 11.7 Å². The Morgan fingerprint density at radius 3 is 2.88 bits per heavy atom. The van der Waals surface area contributed by atoms with Crippen LogP contribution in [-0.4, -0.2) is 39.6 Å². The van der Waals surface area contributed by atoms with Gasteiger partial charge in [0.2, 0.25) is 5.91 Å². The number of hydrogen-bond acceptors (Lipinski definition) is 4. The molecule has 0 N–H and O–H groups in total. The predicted molar refractivity (Wildman–Crippen MR) is 99.3 cm³/mol. The molecule has 0 spiro atoms. The van der Waals surface area contributed by atoms with Crippen molar-refractivity contribution < 1.29 is 4.79 Å². The molecule has 128 valence electrons. The Hall–Kier alpha value is -1.62. The molecule has 1 atom stereocenters. The van der Waals surface area contributed by atoms with Gasteiger partial charge in [-0.3, -0.25) is 4.79 Å². The van der Waals surface area contributed by atoms with Gasteiger partial charge in [-0.1, -0.05) is 50.7 Å². The van der Waals surface area contributed by atoms with E-state index in [2.05, 4.69) is 25.8 Å². The molecule has 2 heterocycles. The second-order valence-corrected chi connectivity index (χ2v) is 7.90. The summed E-state index contributed by atoms with van der Waals surface area (Å²) < 4.78 is 0. The van der Waals surface area contributed by atoms with Crippen LogP contribution in [-0.2, 0) is 4.79 Å². The smallest absolute Gasteiger partial charge is 0.232 e. The van der Waals surface area contributed by atoms with E-state index in [9.17, 15) is 4.79 Å². The average Bonchev–Trinajstić information content (AvgIpc) is 2.59. The van der Waals surface area contributed by atoms with Crippen LogP contribution >= 0.6 is 11.8 Å². The molecule has 2 aromatic rings. The molecule has 5 heteroatoms. The minimum Gasteiger partial charge on any atom is -0.342 e. The molecule has 0 aliphatic carbocycles. The molecule has 0 bridgehead atoms. The van der Waals surface area contributed by atoms with Crippen molar-refractivity contribution >= 4 is 28.6 Å². The molecule has 0 unspecified atom stereocenters. The Morgan fingerprint density at radius 1 is 1.33 bits per heavy atom. The lowest BCUT2D eigenvalue weighted by Gasteiger charge is -2.30. The highest BCUT2D eigenvalue weighted by Crippen LogP contribution is 2.27. The van der Waals surface area contributed by atoms with Crippen molar-refractivity contribution in [1.29, 1.82) is 0 Å². The molecular weight excluding hydrogens is 318 g/mol. The number of hydrogen-bond donors (Lipinski definition) is 0. The van der Waals surface area contributed by atoms with Gasteiger partial charge < -0.3 is 4.90 Å². The fourth-order valence-corrected chi connectivity index (χ4v) is 4.00. The molecule has 1 aromatic carbocycles. The number of carbonyl (C=O) groups is 1. The standard InChI is InChI=1S/C19H25N3OS/c1-13(2)18-20-16-9-5-4-8-15(16)19(21-18)24-12-17(23)22-10-6-7-14(3)11-22/h4-5,8-9,13-14H,6-7,10-12H2,1-3H3/t14-/m0/s1. The van der Waals surface area contributed by atoms with Gasteiger partial charge in [-0.15, -0.1) is 0 Å². The fourth-order valence-electron chi connectivity index (χ4n) is 3.07. The Bertz CT molecular complexity index is 732. The fraction of sp³-hybridized carbons (Fsp3) is 0.526. The first-order valence-corrected chi connectivity index (χ1v) is 9.70. The number of carbonyl (C=O) groups excluding carboxylic acids is 1. The van der Waals surface area contributed by atoms with Crippen LogP contribution in [0, 0.1) is 5.92 Å². The monoisotopic (exact) mass is 343 g/mol. The first-order valence-electron chi connectivity index (χ1n) is 8.72. The van der Waals surface area contributed by atoms with Gasteiger partial charge in [0.1, 0.15) is 10.9 Å². The number of thioether (sulfide) groups is 1. The number of amides is 1. The van der Waals surface area contributed by atoms with E-state index in [1.807, 2.05) is 29.2 Å². The first kappa shape index (κ1) is 17.2. The Balaban J connectivity index is 1.78. The highest BCUT2D eigenvalue weighted by atomic mass is 32.2. The molecule has 1 aliphatic heterocycles. The van der Waals surface area contributed by atoms with Gasteiger partial charge in [0, 0.05) is 24.4 Å². The second-order valence-electron chi connectivity index (χ2n) is 6.93. The Labute approximate surface area is 148 Å². The third kappa shape index (κ3) is 3.89. The summed E-state index contributed by atoms with van der Waals surface area (Å²) >= 11 is 1.54. The van der Waals surface area contributed by atoms with E-state index >= 15 is 0 Å². The van der Waals surface area contributed by atoms with Gasteiger partial charge in [0.15, 0.2) is 0 Å². The zero-order valence-corrected chi connectivity index (χ0v) is 15.5. The number of likely N-dealkylation sites (tertiary alicyclic amines) is 1. The van der Waals surface area contributed by atoms with Gasteiger partial charge in [0.25, 0.3) is 0 Å². The van der Waals surface area contributed by atoms with Crippen molar-refractivity contribution in [1.82, 2.24) is 14.9 Å². The van der Waals surface area contributed by atoms with Gasteiger partial charge in [-0.2, -0.15) is 0 Å². The van der Waals surface area contributed by atoms with Gasteiger partial charge in [0.05, 0.1) is 11.3 Å². The number of para-hydroxylation sites is 1. The molecule has 1 amide bonds. The highest BCUT2D eigenvalue weighted by molar-refractivity contribution is 8.00. The van der Waals surface area contributed by atoms with Crippen LogP contribution in [0.5, 0.6) is 0 Å². The zero-order chi connectivity index (χ0) is 17.1. The van der Waals surface area contributed by atoms with Crippen molar-refractivity contribution in [3.05, 3.63) is 30.1 Å². The molecule has 1 fully saturated rings. The minimum atomic E-state index is 0.223. The molecular formula is C19H25N3OS. The first-order chi connectivity index (χ1) is 11.5. The van der Waals surface area contributed by atoms with Crippen molar-refractivity contribution in [2.45, 2.75) is 44.6 Å². The topological polar surface area (TPSA) is 46.1 Å². The number of fused-ring (bicyclic) bond motifs is 1. The van der Waals surface area contributed by atoms with Crippen molar-refractivity contribution in [3.63, 3.8) is 0 Å². The molecule has 0 radical (unpaired) electrons. The lowest BCUT2D eigenvalue weighted by Crippen LogP contribution is -2.40. The maximum atomic E-state index is 12.5. The van der Waals surface area contributed by atoms with Gasteiger partial charge >= 0.3 is 0 Å². The average molecular weight is 343 g/mol. The molecule has 3 rings (SSSR count). The number of rotatable bonds is 4. The Morgan fingerprint density at radius 2 is 2.12 bits per heavy atom. The highest BCUT2D eigenvalue weighted by Gasteiger charge is 2.21. The lowest BCUT2D eigenvalue weighted by molar-refractivity contribution is -0.130. The van der Waals surface area contributed by atoms with Crippen molar-refractivity contribution in [2.24, 2.45) is 5.92 Å². The van der Waals surface area contributed by atoms with Gasteiger partial charge in [-0.05, 0) is 24.8 Å². The third-order valence-electron chi connectivity index (χ3n) is 4.44. The largest absolute Gasteiger partial charge is 0.342 e. The van der Waals surface area contributed by atoms with Crippen LogP contribution in [0.4, 0.5) is 0 Å². The van der Waals surface area contributed by atoms with Crippen LogP contribution in [0.2, 0.25) is 0 Å². The van der Waals surface area contributed by atoms with Crippen LogP contribution < -0.4 is 0 Å². The minimum absolute atomic E-state index is 0.223. The van der Waals surface area contributed by atoms with E-state index in [1.54, 1.807) is 11.8 Å². The summed E-state index contributed by atoms with van der Waals surface area (Å²) in [4.78, 5) is 23.9. The number of benzene rings is 1. The number of piperidine rings is 1. The van der Waals surface area contributed by atoms with Crippen molar-refractivity contribution in [3.8, 4) is 0 Å². The van der Waals surface area contributed by atoms with Crippen LogP contribution in [0.1, 0.15) is 45.4 Å².